The molecular weight excluding hydrogens is 340 g/mol. The minimum atomic E-state index is 0.257. The van der Waals surface area contributed by atoms with E-state index in [1.165, 1.54) is 11.1 Å². The Kier molecular flexibility index (Phi) is 4.54. The van der Waals surface area contributed by atoms with Gasteiger partial charge in [-0.2, -0.15) is 0 Å². The van der Waals surface area contributed by atoms with Crippen molar-refractivity contribution in [2.45, 2.75) is 32.3 Å². The number of benzene rings is 1. The van der Waals surface area contributed by atoms with Crippen molar-refractivity contribution in [1.29, 1.82) is 0 Å². The first kappa shape index (κ1) is 17.1. The number of anilines is 2. The number of pyridine rings is 1. The Labute approximate surface area is 157 Å². The molecule has 1 unspecified atom stereocenters. The van der Waals surface area contributed by atoms with Crippen LogP contribution in [-0.4, -0.2) is 16.2 Å². The van der Waals surface area contributed by atoms with Gasteiger partial charge in [-0.25, -0.2) is 4.98 Å². The first-order chi connectivity index (χ1) is 13.1. The van der Waals surface area contributed by atoms with Crippen molar-refractivity contribution in [3.63, 3.8) is 0 Å². The summed E-state index contributed by atoms with van der Waals surface area (Å²) in [6.45, 7) is 2.00. The lowest BCUT2D eigenvalue weighted by Gasteiger charge is -2.12. The van der Waals surface area contributed by atoms with Crippen LogP contribution < -0.4 is 11.5 Å². The van der Waals surface area contributed by atoms with Gasteiger partial charge in [0.05, 0.1) is 17.0 Å². The molecule has 2 aromatic heterocycles. The second kappa shape index (κ2) is 7.15. The van der Waals surface area contributed by atoms with Gasteiger partial charge in [-0.15, -0.1) is 0 Å². The maximum atomic E-state index is 5.91. The van der Waals surface area contributed by atoms with E-state index in [2.05, 4.69) is 40.5 Å². The number of rotatable bonds is 5. The summed E-state index contributed by atoms with van der Waals surface area (Å²) in [5.41, 5.74) is 15.5. The molecule has 0 saturated carbocycles. The monoisotopic (exact) mass is 362 g/mol. The van der Waals surface area contributed by atoms with Crippen molar-refractivity contribution in [1.82, 2.24) is 10.1 Å². The van der Waals surface area contributed by atoms with E-state index < -0.39 is 0 Å². The highest BCUT2D eigenvalue weighted by molar-refractivity contribution is 5.71. The molecule has 0 aliphatic carbocycles. The van der Waals surface area contributed by atoms with E-state index in [0.29, 0.717) is 29.4 Å². The predicted molar refractivity (Wildman–Crippen MR) is 105 cm³/mol. The van der Waals surface area contributed by atoms with Gasteiger partial charge in [0.1, 0.15) is 17.7 Å². The van der Waals surface area contributed by atoms with E-state index >= 15 is 0 Å². The van der Waals surface area contributed by atoms with Crippen LogP contribution in [0.25, 0.3) is 11.3 Å². The quantitative estimate of drug-likeness (QED) is 0.717. The lowest BCUT2D eigenvalue weighted by Crippen LogP contribution is -2.09. The molecule has 6 heteroatoms. The summed E-state index contributed by atoms with van der Waals surface area (Å²) >= 11 is 0. The average molecular weight is 362 g/mol. The lowest BCUT2D eigenvalue weighted by atomic mass is 10.0. The molecule has 1 atom stereocenters. The van der Waals surface area contributed by atoms with E-state index in [1.807, 2.05) is 13.0 Å². The van der Waals surface area contributed by atoms with Crippen LogP contribution in [0.15, 0.2) is 58.8 Å². The summed E-state index contributed by atoms with van der Waals surface area (Å²) in [6, 6.07) is 13.9. The van der Waals surface area contributed by atoms with Crippen LogP contribution in [0.3, 0.4) is 0 Å². The summed E-state index contributed by atoms with van der Waals surface area (Å²) in [7, 11) is 0. The van der Waals surface area contributed by atoms with Gasteiger partial charge < -0.3 is 20.7 Å². The number of allylic oxidation sites excluding steroid dienone is 1. The molecule has 3 aromatic rings. The Morgan fingerprint density at radius 1 is 1.07 bits per heavy atom. The predicted octanol–water partition coefficient (Wildman–Crippen LogP) is 3.73. The molecule has 4 N–H and O–H groups in total. The fraction of sp³-hybridized carbons (Fsp3) is 0.238. The van der Waals surface area contributed by atoms with Crippen molar-refractivity contribution < 1.29 is 9.26 Å². The second-order valence-corrected chi connectivity index (χ2v) is 6.84. The van der Waals surface area contributed by atoms with Crippen LogP contribution in [0.5, 0.6) is 0 Å². The van der Waals surface area contributed by atoms with Gasteiger partial charge in [-0.05, 0) is 36.3 Å². The summed E-state index contributed by atoms with van der Waals surface area (Å²) in [5, 5.41) is 4.15. The molecule has 0 amide bonds. The molecule has 3 heterocycles. The summed E-state index contributed by atoms with van der Waals surface area (Å²) in [5.74, 6) is 2.33. The van der Waals surface area contributed by atoms with Gasteiger partial charge in [0, 0.05) is 25.3 Å². The fourth-order valence-electron chi connectivity index (χ4n) is 3.27. The van der Waals surface area contributed by atoms with Gasteiger partial charge in [0.15, 0.2) is 5.76 Å². The third-order valence-electron chi connectivity index (χ3n) is 4.66. The zero-order valence-electron chi connectivity index (χ0n) is 15.2. The maximum absolute atomic E-state index is 5.91. The van der Waals surface area contributed by atoms with Gasteiger partial charge in [0.25, 0.3) is 0 Å². The number of hydrogen-bond donors (Lipinski definition) is 2. The molecule has 1 aliphatic rings. The van der Waals surface area contributed by atoms with Crippen LogP contribution in [0.1, 0.15) is 30.2 Å². The molecular formula is C21H22N4O2. The topological polar surface area (TPSA) is 100 Å². The van der Waals surface area contributed by atoms with Gasteiger partial charge in [0.2, 0.25) is 0 Å². The van der Waals surface area contributed by atoms with Crippen LogP contribution in [0.2, 0.25) is 0 Å². The Morgan fingerprint density at radius 3 is 2.56 bits per heavy atom. The number of aromatic nitrogens is 2. The minimum absolute atomic E-state index is 0.257. The SMILES string of the molecule is CC1=CCC(Cc2ccc(Cc3cc(-c4ccc(N)nc4N)on3)cc2)O1. The lowest BCUT2D eigenvalue weighted by molar-refractivity contribution is 0.145. The zero-order chi connectivity index (χ0) is 18.8. The largest absolute Gasteiger partial charge is 0.495 e. The van der Waals surface area contributed by atoms with Crippen molar-refractivity contribution in [2.75, 3.05) is 11.5 Å². The number of nitrogens with zero attached hydrogens (tertiary/aromatic N) is 2. The van der Waals surface area contributed by atoms with E-state index in [0.717, 1.165) is 24.3 Å². The van der Waals surface area contributed by atoms with Crippen molar-refractivity contribution in [2.24, 2.45) is 0 Å². The highest BCUT2D eigenvalue weighted by Crippen LogP contribution is 2.27. The summed E-state index contributed by atoms with van der Waals surface area (Å²) in [6.07, 6.45) is 4.99. The smallest absolute Gasteiger partial charge is 0.170 e. The van der Waals surface area contributed by atoms with Crippen LogP contribution in [0.4, 0.5) is 11.6 Å². The average Bonchev–Trinajstić information content (AvgIpc) is 3.26. The Morgan fingerprint density at radius 2 is 1.85 bits per heavy atom. The van der Waals surface area contributed by atoms with Gasteiger partial charge >= 0.3 is 0 Å². The molecule has 0 spiro atoms. The van der Waals surface area contributed by atoms with Crippen molar-refractivity contribution >= 4 is 11.6 Å². The van der Waals surface area contributed by atoms with Crippen LogP contribution in [-0.2, 0) is 17.6 Å². The molecule has 0 saturated heterocycles. The Bertz CT molecular complexity index is 976. The Balaban J connectivity index is 1.41. The number of nitrogens with two attached hydrogens (primary N) is 2. The minimum Gasteiger partial charge on any atom is -0.495 e. The van der Waals surface area contributed by atoms with E-state index in [4.69, 9.17) is 20.7 Å². The standard InChI is InChI=1S/C21H22N4O2/c1-13-2-7-17(26-13)11-15-5-3-14(4-6-15)10-16-12-19(27-25-16)18-8-9-20(22)24-21(18)23/h2-6,8-9,12,17H,7,10-11H2,1H3,(H4,22,23,24). The van der Waals surface area contributed by atoms with E-state index in [9.17, 15) is 0 Å². The molecule has 0 fully saturated rings. The third-order valence-corrected chi connectivity index (χ3v) is 4.66. The maximum Gasteiger partial charge on any atom is 0.170 e. The molecule has 138 valence electrons. The second-order valence-electron chi connectivity index (χ2n) is 6.84. The summed E-state index contributed by atoms with van der Waals surface area (Å²) in [4.78, 5) is 4.05. The molecule has 0 bridgehead atoms. The molecule has 1 aliphatic heterocycles. The third kappa shape index (κ3) is 3.95. The molecule has 1 aromatic carbocycles. The highest BCUT2D eigenvalue weighted by atomic mass is 16.5. The highest BCUT2D eigenvalue weighted by Gasteiger charge is 2.16. The number of nitrogen functional groups attached to an aromatic ring is 2. The van der Waals surface area contributed by atoms with E-state index in [-0.39, 0.29) is 6.10 Å². The molecule has 27 heavy (non-hydrogen) atoms. The van der Waals surface area contributed by atoms with E-state index in [1.54, 1.807) is 12.1 Å². The van der Waals surface area contributed by atoms with Crippen LogP contribution >= 0.6 is 0 Å². The summed E-state index contributed by atoms with van der Waals surface area (Å²) < 4.78 is 11.2. The fourth-order valence-corrected chi connectivity index (χ4v) is 3.27. The van der Waals surface area contributed by atoms with Crippen molar-refractivity contribution in [3.05, 3.63) is 71.1 Å². The van der Waals surface area contributed by atoms with Gasteiger partial charge in [-0.1, -0.05) is 29.4 Å². The zero-order valence-corrected chi connectivity index (χ0v) is 15.2. The first-order valence-electron chi connectivity index (χ1n) is 8.96. The van der Waals surface area contributed by atoms with Gasteiger partial charge in [-0.3, -0.25) is 0 Å². The molecule has 0 radical (unpaired) electrons. The number of ether oxygens (including phenoxy) is 1. The normalized spacial score (nSPS) is 16.2. The number of hydrogen-bond acceptors (Lipinski definition) is 6. The Hall–Kier alpha value is -3.28. The molecule has 6 nitrogen and oxygen atoms in total. The molecule has 4 rings (SSSR count). The van der Waals surface area contributed by atoms with Crippen LogP contribution in [0, 0.1) is 0 Å². The van der Waals surface area contributed by atoms with Crippen molar-refractivity contribution in [3.8, 4) is 11.3 Å². The first-order valence-corrected chi connectivity index (χ1v) is 8.96.